The van der Waals surface area contributed by atoms with Crippen LogP contribution in [-0.2, 0) is 14.1 Å². The summed E-state index contributed by atoms with van der Waals surface area (Å²) >= 11 is 0. The highest BCUT2D eigenvalue weighted by Crippen LogP contribution is 2.34. The average molecular weight is 330 g/mol. The maximum atomic E-state index is 13.6. The van der Waals surface area contributed by atoms with E-state index in [4.69, 9.17) is 4.74 Å². The molecule has 3 rings (SSSR count). The molecule has 124 valence electrons. The van der Waals surface area contributed by atoms with Crippen LogP contribution in [0.5, 0.6) is 5.75 Å². The maximum Gasteiger partial charge on any atom is 0.332 e. The molecule has 1 atom stereocenters. The van der Waals surface area contributed by atoms with Crippen LogP contribution in [0.3, 0.4) is 0 Å². The fraction of sp³-hybridized carbons (Fsp3) is 0.312. The largest absolute Gasteiger partial charge is 0.493 e. The van der Waals surface area contributed by atoms with Gasteiger partial charge in [0.1, 0.15) is 23.5 Å². The standard InChI is InChI=1S/C16H15FN4O3/c1-20-14(11(8-18)15(22)21(2)16(20)23)19-12-5-6-24-13-4-3-9(17)7-10(12)13/h3-4,7,12,19H,5-6H2,1-2H3. The van der Waals surface area contributed by atoms with E-state index in [9.17, 15) is 19.2 Å². The summed E-state index contributed by atoms with van der Waals surface area (Å²) in [5.74, 6) is 0.240. The summed E-state index contributed by atoms with van der Waals surface area (Å²) in [6.07, 6.45) is 0.505. The van der Waals surface area contributed by atoms with Gasteiger partial charge in [-0.05, 0) is 18.2 Å². The molecule has 0 saturated carbocycles. The Morgan fingerprint density at radius 2 is 2.08 bits per heavy atom. The molecule has 2 aromatic rings. The van der Waals surface area contributed by atoms with Gasteiger partial charge in [-0.25, -0.2) is 9.18 Å². The van der Waals surface area contributed by atoms with Crippen LogP contribution in [0.25, 0.3) is 0 Å². The molecule has 1 unspecified atom stereocenters. The fourth-order valence-electron chi connectivity index (χ4n) is 2.79. The van der Waals surface area contributed by atoms with Crippen molar-refractivity contribution in [2.24, 2.45) is 14.1 Å². The maximum absolute atomic E-state index is 13.6. The van der Waals surface area contributed by atoms with Crippen LogP contribution in [-0.4, -0.2) is 15.7 Å². The number of aromatic nitrogens is 2. The van der Waals surface area contributed by atoms with Crippen molar-refractivity contribution in [2.75, 3.05) is 11.9 Å². The van der Waals surface area contributed by atoms with E-state index in [0.29, 0.717) is 24.3 Å². The summed E-state index contributed by atoms with van der Waals surface area (Å²) in [7, 11) is 2.78. The Labute approximate surface area is 136 Å². The number of nitriles is 1. The first-order valence-electron chi connectivity index (χ1n) is 7.33. The summed E-state index contributed by atoms with van der Waals surface area (Å²) < 4.78 is 21.1. The van der Waals surface area contributed by atoms with Gasteiger partial charge in [0, 0.05) is 26.1 Å². The van der Waals surface area contributed by atoms with Crippen molar-refractivity contribution < 1.29 is 9.13 Å². The number of halogens is 1. The van der Waals surface area contributed by atoms with Crippen molar-refractivity contribution in [2.45, 2.75) is 12.5 Å². The minimum atomic E-state index is -0.672. The highest BCUT2D eigenvalue weighted by Gasteiger charge is 2.25. The van der Waals surface area contributed by atoms with Crippen molar-refractivity contribution in [1.29, 1.82) is 5.26 Å². The lowest BCUT2D eigenvalue weighted by atomic mass is 10.00. The van der Waals surface area contributed by atoms with E-state index < -0.39 is 17.1 Å². The molecule has 0 amide bonds. The SMILES string of the molecule is Cn1c(NC2CCOc3ccc(F)cc32)c(C#N)c(=O)n(C)c1=O. The van der Waals surface area contributed by atoms with Crippen LogP contribution in [0.15, 0.2) is 27.8 Å². The van der Waals surface area contributed by atoms with Crippen molar-refractivity contribution in [3.63, 3.8) is 0 Å². The van der Waals surface area contributed by atoms with Crippen LogP contribution in [0, 0.1) is 17.1 Å². The van der Waals surface area contributed by atoms with Gasteiger partial charge in [-0.15, -0.1) is 0 Å². The number of fused-ring (bicyclic) bond motifs is 1. The van der Waals surface area contributed by atoms with Crippen LogP contribution >= 0.6 is 0 Å². The lowest BCUT2D eigenvalue weighted by molar-refractivity contribution is 0.273. The number of anilines is 1. The molecule has 0 saturated heterocycles. The molecule has 2 heterocycles. The summed E-state index contributed by atoms with van der Waals surface area (Å²) in [5, 5.41) is 12.3. The van der Waals surface area contributed by atoms with Crippen LogP contribution in [0.1, 0.15) is 23.6 Å². The highest BCUT2D eigenvalue weighted by atomic mass is 19.1. The predicted molar refractivity (Wildman–Crippen MR) is 84.5 cm³/mol. The van der Waals surface area contributed by atoms with Gasteiger partial charge >= 0.3 is 5.69 Å². The van der Waals surface area contributed by atoms with E-state index in [1.165, 1.54) is 36.9 Å². The Kier molecular flexibility index (Phi) is 3.85. The fourth-order valence-corrected chi connectivity index (χ4v) is 2.79. The molecule has 0 radical (unpaired) electrons. The smallest absolute Gasteiger partial charge is 0.332 e. The lowest BCUT2D eigenvalue weighted by Crippen LogP contribution is -2.40. The quantitative estimate of drug-likeness (QED) is 0.888. The molecule has 7 nitrogen and oxygen atoms in total. The number of nitrogens with one attached hydrogen (secondary N) is 1. The van der Waals surface area contributed by atoms with E-state index in [-0.39, 0.29) is 17.4 Å². The second-order valence-electron chi connectivity index (χ2n) is 5.56. The number of hydrogen-bond acceptors (Lipinski definition) is 5. The zero-order chi connectivity index (χ0) is 17.4. The Balaban J connectivity index is 2.12. The van der Waals surface area contributed by atoms with Crippen molar-refractivity contribution in [3.05, 3.63) is 56.0 Å². The van der Waals surface area contributed by atoms with Gasteiger partial charge in [0.25, 0.3) is 5.56 Å². The molecule has 0 spiro atoms. The van der Waals surface area contributed by atoms with E-state index in [1.807, 2.05) is 6.07 Å². The summed E-state index contributed by atoms with van der Waals surface area (Å²) in [4.78, 5) is 24.2. The van der Waals surface area contributed by atoms with Crippen molar-refractivity contribution >= 4 is 5.82 Å². The first kappa shape index (κ1) is 15.8. The third-order valence-corrected chi connectivity index (χ3v) is 4.10. The minimum absolute atomic E-state index is 0.118. The second-order valence-corrected chi connectivity index (χ2v) is 5.56. The van der Waals surface area contributed by atoms with E-state index in [0.717, 1.165) is 4.57 Å². The molecule has 0 bridgehead atoms. The molecule has 1 aliphatic rings. The number of nitrogens with zero attached hydrogens (tertiary/aromatic N) is 3. The third-order valence-electron chi connectivity index (χ3n) is 4.10. The average Bonchev–Trinajstić information content (AvgIpc) is 2.58. The van der Waals surface area contributed by atoms with Crippen LogP contribution in [0.4, 0.5) is 10.2 Å². The third kappa shape index (κ3) is 2.44. The summed E-state index contributed by atoms with van der Waals surface area (Å²) in [5.41, 5.74) is -0.801. The molecule has 0 fully saturated rings. The predicted octanol–water partition coefficient (Wildman–Crippen LogP) is 1.03. The van der Waals surface area contributed by atoms with Gasteiger partial charge in [-0.2, -0.15) is 5.26 Å². The molecule has 1 N–H and O–H groups in total. The van der Waals surface area contributed by atoms with E-state index in [2.05, 4.69) is 5.32 Å². The van der Waals surface area contributed by atoms with Gasteiger partial charge in [0.05, 0.1) is 12.6 Å². The zero-order valence-corrected chi connectivity index (χ0v) is 13.2. The van der Waals surface area contributed by atoms with Gasteiger partial charge in [0.2, 0.25) is 0 Å². The normalized spacial score (nSPS) is 16.0. The molecule has 8 heteroatoms. The van der Waals surface area contributed by atoms with Gasteiger partial charge < -0.3 is 10.1 Å². The Morgan fingerprint density at radius 1 is 1.33 bits per heavy atom. The molecule has 1 aromatic carbocycles. The zero-order valence-electron chi connectivity index (χ0n) is 13.2. The first-order chi connectivity index (χ1) is 11.4. The first-order valence-corrected chi connectivity index (χ1v) is 7.33. The summed E-state index contributed by atoms with van der Waals surface area (Å²) in [6.45, 7) is 0.400. The minimum Gasteiger partial charge on any atom is -0.493 e. The number of benzene rings is 1. The molecule has 0 aliphatic carbocycles. The van der Waals surface area contributed by atoms with Gasteiger partial charge in [-0.3, -0.25) is 13.9 Å². The monoisotopic (exact) mass is 330 g/mol. The Hall–Kier alpha value is -3.08. The van der Waals surface area contributed by atoms with Crippen LogP contribution in [0.2, 0.25) is 0 Å². The van der Waals surface area contributed by atoms with E-state index >= 15 is 0 Å². The van der Waals surface area contributed by atoms with Crippen LogP contribution < -0.4 is 21.3 Å². The van der Waals surface area contributed by atoms with Gasteiger partial charge in [0.15, 0.2) is 5.56 Å². The van der Waals surface area contributed by atoms with E-state index in [1.54, 1.807) is 0 Å². The lowest BCUT2D eigenvalue weighted by Gasteiger charge is -2.28. The molecule has 1 aromatic heterocycles. The molecular formula is C16H15FN4O3. The van der Waals surface area contributed by atoms with Crippen molar-refractivity contribution in [3.8, 4) is 11.8 Å². The number of ether oxygens (including phenoxy) is 1. The molecular weight excluding hydrogens is 315 g/mol. The molecule has 24 heavy (non-hydrogen) atoms. The highest BCUT2D eigenvalue weighted by molar-refractivity contribution is 5.54. The summed E-state index contributed by atoms with van der Waals surface area (Å²) in [6, 6.07) is 5.64. The van der Waals surface area contributed by atoms with Gasteiger partial charge in [-0.1, -0.05) is 0 Å². The Bertz CT molecular complexity index is 971. The second kappa shape index (κ2) is 5.85. The number of hydrogen-bond donors (Lipinski definition) is 1. The van der Waals surface area contributed by atoms with Crippen molar-refractivity contribution in [1.82, 2.24) is 9.13 Å². The number of rotatable bonds is 2. The Morgan fingerprint density at radius 3 is 2.79 bits per heavy atom. The molecule has 1 aliphatic heterocycles. The topological polar surface area (TPSA) is 89.1 Å².